The molecule has 2 aliphatic heterocycles. The summed E-state index contributed by atoms with van der Waals surface area (Å²) in [6.07, 6.45) is 4.60. The number of aromatic nitrogens is 1. The van der Waals surface area contributed by atoms with Gasteiger partial charge in [-0.1, -0.05) is 30.3 Å². The molecule has 0 N–H and O–H groups in total. The summed E-state index contributed by atoms with van der Waals surface area (Å²) >= 11 is 1.72. The van der Waals surface area contributed by atoms with Crippen molar-refractivity contribution in [2.75, 3.05) is 20.1 Å². The number of nitrogens with zero attached hydrogens (tertiary/aromatic N) is 3. The minimum Gasteiger partial charge on any atom is -0.339 e. The summed E-state index contributed by atoms with van der Waals surface area (Å²) in [6.45, 7) is 2.99. The zero-order chi connectivity index (χ0) is 16.6. The van der Waals surface area contributed by atoms with Gasteiger partial charge < -0.3 is 4.90 Å². The van der Waals surface area contributed by atoms with Crippen molar-refractivity contribution in [2.24, 2.45) is 0 Å². The number of amides is 1. The molecule has 0 radical (unpaired) electrons. The predicted molar refractivity (Wildman–Crippen MR) is 95.9 cm³/mol. The van der Waals surface area contributed by atoms with Crippen LogP contribution < -0.4 is 0 Å². The molecule has 4 nitrogen and oxygen atoms in total. The van der Waals surface area contributed by atoms with Crippen LogP contribution >= 0.6 is 11.3 Å². The second kappa shape index (κ2) is 6.30. The van der Waals surface area contributed by atoms with Gasteiger partial charge in [0, 0.05) is 44.1 Å². The van der Waals surface area contributed by atoms with Gasteiger partial charge in [0.2, 0.25) is 5.91 Å². The molecule has 3 heterocycles. The molecule has 0 saturated carbocycles. The molecule has 0 bridgehead atoms. The standard InChI is InChI=1S/C19H23N3OS/c1-21-18(23)13-16(15-5-3-2-4-6-15)19(21)7-10-22(11-8-19)14-17-20-9-12-24-17/h2-6,9,12,16H,7-8,10-11,13-14H2,1H3/t16-/m0/s1. The Morgan fingerprint density at radius 1 is 1.25 bits per heavy atom. The third-order valence-corrected chi connectivity index (χ3v) is 6.60. The first kappa shape index (κ1) is 15.8. The Morgan fingerprint density at radius 2 is 2.00 bits per heavy atom. The monoisotopic (exact) mass is 341 g/mol. The minimum atomic E-state index is -0.0161. The van der Waals surface area contributed by atoms with Crippen LogP contribution in [0.15, 0.2) is 41.9 Å². The maximum atomic E-state index is 12.5. The zero-order valence-corrected chi connectivity index (χ0v) is 14.8. The predicted octanol–water partition coefficient (Wildman–Crippen LogP) is 3.12. The molecule has 0 aliphatic carbocycles. The fraction of sp³-hybridized carbons (Fsp3) is 0.474. The van der Waals surface area contributed by atoms with Gasteiger partial charge in [0.25, 0.3) is 0 Å². The largest absolute Gasteiger partial charge is 0.339 e. The van der Waals surface area contributed by atoms with Gasteiger partial charge in [-0.05, 0) is 18.4 Å². The summed E-state index contributed by atoms with van der Waals surface area (Å²) < 4.78 is 0. The first-order valence-corrected chi connectivity index (χ1v) is 9.49. The first-order valence-electron chi connectivity index (χ1n) is 8.61. The summed E-state index contributed by atoms with van der Waals surface area (Å²) in [4.78, 5) is 21.4. The number of hydrogen-bond donors (Lipinski definition) is 0. The molecular formula is C19H23N3OS. The second-order valence-corrected chi connectivity index (χ2v) is 7.90. The van der Waals surface area contributed by atoms with E-state index in [1.165, 1.54) is 10.6 Å². The summed E-state index contributed by atoms with van der Waals surface area (Å²) in [7, 11) is 2.00. The second-order valence-electron chi connectivity index (χ2n) is 6.93. The summed E-state index contributed by atoms with van der Waals surface area (Å²) in [5.74, 6) is 0.607. The summed E-state index contributed by atoms with van der Waals surface area (Å²) in [5, 5.41) is 3.22. The molecule has 1 atom stereocenters. The van der Waals surface area contributed by atoms with Crippen molar-refractivity contribution in [3.05, 3.63) is 52.5 Å². The van der Waals surface area contributed by atoms with Crippen LogP contribution in [0.25, 0.3) is 0 Å². The highest BCUT2D eigenvalue weighted by atomic mass is 32.1. The third kappa shape index (κ3) is 2.66. The number of piperidine rings is 1. The van der Waals surface area contributed by atoms with Crippen LogP contribution in [0.3, 0.4) is 0 Å². The van der Waals surface area contributed by atoms with Gasteiger partial charge in [0.1, 0.15) is 5.01 Å². The van der Waals surface area contributed by atoms with Crippen LogP contribution in [0, 0.1) is 0 Å². The molecule has 2 aliphatic rings. The average Bonchev–Trinajstić information content (AvgIpc) is 3.21. The van der Waals surface area contributed by atoms with E-state index in [0.29, 0.717) is 12.3 Å². The maximum Gasteiger partial charge on any atom is 0.223 e. The van der Waals surface area contributed by atoms with Crippen LogP contribution in [0.2, 0.25) is 0 Å². The van der Waals surface area contributed by atoms with Crippen LogP contribution in [0.4, 0.5) is 0 Å². The average molecular weight is 341 g/mol. The van der Waals surface area contributed by atoms with Crippen LogP contribution in [0.1, 0.15) is 35.8 Å². The lowest BCUT2D eigenvalue weighted by Gasteiger charge is -2.46. The van der Waals surface area contributed by atoms with Gasteiger partial charge in [-0.2, -0.15) is 0 Å². The van der Waals surface area contributed by atoms with Gasteiger partial charge in [-0.15, -0.1) is 11.3 Å². The number of rotatable bonds is 3. The maximum absolute atomic E-state index is 12.5. The lowest BCUT2D eigenvalue weighted by Crippen LogP contribution is -2.53. The van der Waals surface area contributed by atoms with E-state index in [1.807, 2.05) is 29.6 Å². The normalized spacial score (nSPS) is 24.0. The van der Waals surface area contributed by atoms with Crippen LogP contribution in [-0.4, -0.2) is 46.4 Å². The highest BCUT2D eigenvalue weighted by molar-refractivity contribution is 7.09. The summed E-state index contributed by atoms with van der Waals surface area (Å²) in [6, 6.07) is 10.6. The fourth-order valence-corrected chi connectivity index (χ4v) is 5.06. The SMILES string of the molecule is CN1C(=O)C[C@@H](c2ccccc2)C12CCN(Cc1nccs1)CC2. The van der Waals surface area contributed by atoms with E-state index < -0.39 is 0 Å². The molecule has 0 unspecified atom stereocenters. The number of benzene rings is 1. The fourth-order valence-electron chi connectivity index (χ4n) is 4.40. The summed E-state index contributed by atoms with van der Waals surface area (Å²) in [5.41, 5.74) is 1.29. The lowest BCUT2D eigenvalue weighted by atomic mass is 9.74. The van der Waals surface area contributed by atoms with E-state index in [-0.39, 0.29) is 11.4 Å². The molecule has 24 heavy (non-hydrogen) atoms. The van der Waals surface area contributed by atoms with Crippen molar-refractivity contribution in [3.63, 3.8) is 0 Å². The molecule has 1 amide bonds. The van der Waals surface area contributed by atoms with Gasteiger partial charge in [-0.25, -0.2) is 4.98 Å². The van der Waals surface area contributed by atoms with E-state index in [1.54, 1.807) is 11.3 Å². The van der Waals surface area contributed by atoms with E-state index in [0.717, 1.165) is 32.5 Å². The van der Waals surface area contributed by atoms with E-state index in [4.69, 9.17) is 0 Å². The van der Waals surface area contributed by atoms with Gasteiger partial charge in [0.05, 0.1) is 12.1 Å². The molecule has 2 saturated heterocycles. The number of likely N-dealkylation sites (N-methyl/N-ethyl adjacent to an activating group) is 1. The molecule has 4 rings (SSSR count). The molecule has 5 heteroatoms. The number of carbonyl (C=O) groups excluding carboxylic acids is 1. The molecule has 1 aromatic heterocycles. The van der Waals surface area contributed by atoms with Gasteiger partial charge in [0.15, 0.2) is 0 Å². The smallest absolute Gasteiger partial charge is 0.223 e. The Morgan fingerprint density at radius 3 is 2.67 bits per heavy atom. The van der Waals surface area contributed by atoms with Crippen molar-refractivity contribution < 1.29 is 4.79 Å². The van der Waals surface area contributed by atoms with Crippen LogP contribution in [0.5, 0.6) is 0 Å². The molecule has 1 spiro atoms. The number of hydrogen-bond acceptors (Lipinski definition) is 4. The third-order valence-electron chi connectivity index (χ3n) is 5.84. The molecular weight excluding hydrogens is 318 g/mol. The Balaban J connectivity index is 1.53. The number of likely N-dealkylation sites (tertiary alicyclic amines) is 2. The quantitative estimate of drug-likeness (QED) is 0.861. The van der Waals surface area contributed by atoms with Gasteiger partial charge >= 0.3 is 0 Å². The van der Waals surface area contributed by atoms with Crippen molar-refractivity contribution in [2.45, 2.75) is 37.3 Å². The van der Waals surface area contributed by atoms with E-state index in [2.05, 4.69) is 34.1 Å². The van der Waals surface area contributed by atoms with Crippen molar-refractivity contribution >= 4 is 17.2 Å². The van der Waals surface area contributed by atoms with Gasteiger partial charge in [-0.3, -0.25) is 9.69 Å². The topological polar surface area (TPSA) is 36.4 Å². The van der Waals surface area contributed by atoms with Crippen LogP contribution in [-0.2, 0) is 11.3 Å². The Hall–Kier alpha value is -1.72. The van der Waals surface area contributed by atoms with E-state index >= 15 is 0 Å². The molecule has 126 valence electrons. The van der Waals surface area contributed by atoms with Crippen molar-refractivity contribution in [3.8, 4) is 0 Å². The first-order chi connectivity index (χ1) is 11.7. The Bertz CT molecular complexity index is 693. The Labute approximate surface area is 147 Å². The molecule has 2 fully saturated rings. The van der Waals surface area contributed by atoms with E-state index in [9.17, 15) is 4.79 Å². The number of carbonyl (C=O) groups is 1. The Kier molecular flexibility index (Phi) is 4.14. The molecule has 2 aromatic rings. The number of thiazole rings is 1. The lowest BCUT2D eigenvalue weighted by molar-refractivity contribution is -0.130. The molecule has 1 aromatic carbocycles. The van der Waals surface area contributed by atoms with Crippen molar-refractivity contribution in [1.29, 1.82) is 0 Å². The highest BCUT2D eigenvalue weighted by Gasteiger charge is 2.52. The minimum absolute atomic E-state index is 0.0161. The highest BCUT2D eigenvalue weighted by Crippen LogP contribution is 2.48. The van der Waals surface area contributed by atoms with Crippen molar-refractivity contribution in [1.82, 2.24) is 14.8 Å². The zero-order valence-electron chi connectivity index (χ0n) is 14.0.